The lowest BCUT2D eigenvalue weighted by molar-refractivity contribution is -0.113. The maximum Gasteiger partial charge on any atom is 0.236 e. The molecule has 0 bridgehead atoms. The molecule has 0 spiro atoms. The summed E-state index contributed by atoms with van der Waals surface area (Å²) < 4.78 is 15.0. The number of thioether (sulfide) groups is 1. The molecule has 1 N–H and O–H groups in total. The molecule has 0 fully saturated rings. The van der Waals surface area contributed by atoms with Gasteiger partial charge in [0, 0.05) is 28.1 Å². The number of anilines is 1. The van der Waals surface area contributed by atoms with E-state index in [1.54, 1.807) is 18.2 Å². The number of hydrogen-bond acceptors (Lipinski definition) is 6. The summed E-state index contributed by atoms with van der Waals surface area (Å²) >= 11 is 8.71. The molecule has 0 unspecified atom stereocenters. The number of nitrogens with one attached hydrogen (secondary N) is 1. The molecule has 158 valence electrons. The molecule has 2 aromatic heterocycles. The molecule has 0 saturated heterocycles. The number of carbonyl (C=O) groups excluding carboxylic acids is 1. The average molecular weight is 474 g/mol. The van der Waals surface area contributed by atoms with Crippen molar-refractivity contribution in [3.8, 4) is 22.6 Å². The fourth-order valence-corrected chi connectivity index (χ4v) is 4.62. The molecule has 6 nitrogen and oxygen atoms in total. The molecule has 0 aliphatic carbocycles. The van der Waals surface area contributed by atoms with Crippen molar-refractivity contribution in [3.63, 3.8) is 0 Å². The zero-order valence-electron chi connectivity index (χ0n) is 16.4. The number of amides is 1. The van der Waals surface area contributed by atoms with Crippen LogP contribution in [0.4, 0.5) is 9.52 Å². The number of nitrogens with zero attached hydrogens (tertiary/aromatic N) is 4. The largest absolute Gasteiger partial charge is 0.302 e. The third-order valence-corrected chi connectivity index (χ3v) is 6.30. The summed E-state index contributed by atoms with van der Waals surface area (Å²) in [6, 6.07) is 13.5. The number of carbonyl (C=O) groups is 1. The minimum absolute atomic E-state index is 0.166. The first kappa shape index (κ1) is 21.5. The van der Waals surface area contributed by atoms with E-state index in [1.165, 1.54) is 35.2 Å². The standard InChI is InChI=1S/C21H17ClFN5OS2/c1-2-28-19(14-4-3-5-15(22)10-14)26-27-21(28)31-12-18(29)25-20-24-17(11-30-20)13-6-8-16(23)9-7-13/h3-11H,2,12H2,1H3,(H,24,25,29). The quantitative estimate of drug-likeness (QED) is 0.353. The summed E-state index contributed by atoms with van der Waals surface area (Å²) in [5.74, 6) is 0.374. The fourth-order valence-electron chi connectivity index (χ4n) is 2.89. The van der Waals surface area contributed by atoms with Gasteiger partial charge in [0.25, 0.3) is 0 Å². The van der Waals surface area contributed by atoms with E-state index in [4.69, 9.17) is 11.6 Å². The number of hydrogen-bond donors (Lipinski definition) is 1. The Morgan fingerprint density at radius 3 is 2.74 bits per heavy atom. The molecule has 0 aliphatic rings. The molecule has 10 heteroatoms. The van der Waals surface area contributed by atoms with Gasteiger partial charge >= 0.3 is 0 Å². The van der Waals surface area contributed by atoms with Gasteiger partial charge in [0.15, 0.2) is 16.1 Å². The second-order valence-electron chi connectivity index (χ2n) is 6.44. The Balaban J connectivity index is 1.40. The molecule has 1 amide bonds. The van der Waals surface area contributed by atoms with Crippen LogP contribution in [0.3, 0.4) is 0 Å². The zero-order chi connectivity index (χ0) is 21.8. The van der Waals surface area contributed by atoms with Gasteiger partial charge in [-0.25, -0.2) is 9.37 Å². The lowest BCUT2D eigenvalue weighted by Gasteiger charge is -2.07. The van der Waals surface area contributed by atoms with Gasteiger partial charge in [0.05, 0.1) is 11.4 Å². The molecule has 0 saturated carbocycles. The summed E-state index contributed by atoms with van der Waals surface area (Å²) in [4.78, 5) is 16.8. The first-order valence-corrected chi connectivity index (χ1v) is 11.6. The van der Waals surface area contributed by atoms with Gasteiger partial charge in [0.2, 0.25) is 5.91 Å². The van der Waals surface area contributed by atoms with E-state index in [-0.39, 0.29) is 17.5 Å². The van der Waals surface area contributed by atoms with E-state index >= 15 is 0 Å². The minimum atomic E-state index is -0.303. The normalized spacial score (nSPS) is 10.9. The Bertz CT molecular complexity index is 1210. The predicted octanol–water partition coefficient (Wildman–Crippen LogP) is 5.61. The second-order valence-corrected chi connectivity index (χ2v) is 8.68. The third-order valence-electron chi connectivity index (χ3n) is 4.34. The number of rotatable bonds is 7. The van der Waals surface area contributed by atoms with Gasteiger partial charge in [-0.1, -0.05) is 35.5 Å². The van der Waals surface area contributed by atoms with Crippen LogP contribution in [0.15, 0.2) is 59.1 Å². The molecule has 2 aromatic carbocycles. The molecule has 31 heavy (non-hydrogen) atoms. The predicted molar refractivity (Wildman–Crippen MR) is 123 cm³/mol. The van der Waals surface area contributed by atoms with Crippen LogP contribution in [0.5, 0.6) is 0 Å². The third kappa shape index (κ3) is 5.12. The minimum Gasteiger partial charge on any atom is -0.302 e. The van der Waals surface area contributed by atoms with E-state index in [0.29, 0.717) is 33.4 Å². The van der Waals surface area contributed by atoms with Crippen LogP contribution < -0.4 is 5.32 Å². The van der Waals surface area contributed by atoms with Crippen LogP contribution in [-0.2, 0) is 11.3 Å². The summed E-state index contributed by atoms with van der Waals surface area (Å²) in [5.41, 5.74) is 2.34. The highest BCUT2D eigenvalue weighted by atomic mass is 35.5. The van der Waals surface area contributed by atoms with Crippen molar-refractivity contribution >= 4 is 45.7 Å². The van der Waals surface area contributed by atoms with Gasteiger partial charge in [-0.15, -0.1) is 21.5 Å². The van der Waals surface area contributed by atoms with Gasteiger partial charge in [-0.2, -0.15) is 0 Å². The van der Waals surface area contributed by atoms with E-state index in [0.717, 1.165) is 11.1 Å². The Labute approximate surface area is 191 Å². The Kier molecular flexibility index (Phi) is 6.64. The molecule has 4 aromatic rings. The maximum atomic E-state index is 13.1. The number of thiazole rings is 1. The fraction of sp³-hybridized carbons (Fsp3) is 0.143. The highest BCUT2D eigenvalue weighted by Gasteiger charge is 2.15. The van der Waals surface area contributed by atoms with Crippen LogP contribution in [0, 0.1) is 5.82 Å². The Morgan fingerprint density at radius 1 is 1.19 bits per heavy atom. The first-order chi connectivity index (χ1) is 15.0. The summed E-state index contributed by atoms with van der Waals surface area (Å²) in [5, 5.41) is 14.9. The van der Waals surface area contributed by atoms with Gasteiger partial charge < -0.3 is 9.88 Å². The monoisotopic (exact) mass is 473 g/mol. The molecule has 4 rings (SSSR count). The second kappa shape index (κ2) is 9.59. The van der Waals surface area contributed by atoms with E-state index in [9.17, 15) is 9.18 Å². The van der Waals surface area contributed by atoms with Crippen molar-refractivity contribution in [1.82, 2.24) is 19.7 Å². The summed E-state index contributed by atoms with van der Waals surface area (Å²) in [7, 11) is 0. The molecular weight excluding hydrogens is 457 g/mol. The summed E-state index contributed by atoms with van der Waals surface area (Å²) in [6.45, 7) is 2.65. The first-order valence-electron chi connectivity index (χ1n) is 9.36. The number of halogens is 2. The topological polar surface area (TPSA) is 72.7 Å². The van der Waals surface area contributed by atoms with Crippen LogP contribution in [0.25, 0.3) is 22.6 Å². The van der Waals surface area contributed by atoms with Crippen LogP contribution in [0.2, 0.25) is 5.02 Å². The van der Waals surface area contributed by atoms with Crippen molar-refractivity contribution in [2.75, 3.05) is 11.1 Å². The van der Waals surface area contributed by atoms with Crippen molar-refractivity contribution in [3.05, 3.63) is 64.8 Å². The molecule has 0 atom stereocenters. The van der Waals surface area contributed by atoms with Crippen molar-refractivity contribution < 1.29 is 9.18 Å². The van der Waals surface area contributed by atoms with E-state index < -0.39 is 0 Å². The molecule has 2 heterocycles. The van der Waals surface area contributed by atoms with Gasteiger partial charge in [-0.3, -0.25) is 4.79 Å². The summed E-state index contributed by atoms with van der Waals surface area (Å²) in [6.07, 6.45) is 0. The van der Waals surface area contributed by atoms with Crippen LogP contribution in [-0.4, -0.2) is 31.4 Å². The van der Waals surface area contributed by atoms with E-state index in [1.807, 2.05) is 35.1 Å². The zero-order valence-corrected chi connectivity index (χ0v) is 18.8. The van der Waals surface area contributed by atoms with Gasteiger partial charge in [-0.05, 0) is 43.3 Å². The molecular formula is C21H17ClFN5OS2. The van der Waals surface area contributed by atoms with Crippen molar-refractivity contribution in [2.24, 2.45) is 0 Å². The number of aromatic nitrogens is 4. The molecule has 0 aliphatic heterocycles. The van der Waals surface area contributed by atoms with Crippen LogP contribution >= 0.6 is 34.7 Å². The Morgan fingerprint density at radius 2 is 2.00 bits per heavy atom. The lowest BCUT2D eigenvalue weighted by Crippen LogP contribution is -2.14. The van der Waals surface area contributed by atoms with Crippen molar-refractivity contribution in [2.45, 2.75) is 18.6 Å². The van der Waals surface area contributed by atoms with Crippen molar-refractivity contribution in [1.29, 1.82) is 0 Å². The van der Waals surface area contributed by atoms with E-state index in [2.05, 4.69) is 20.5 Å². The average Bonchev–Trinajstić information content (AvgIpc) is 3.39. The van der Waals surface area contributed by atoms with Gasteiger partial charge in [0.1, 0.15) is 5.82 Å². The molecule has 0 radical (unpaired) electrons. The lowest BCUT2D eigenvalue weighted by atomic mass is 10.2. The van der Waals surface area contributed by atoms with Crippen LogP contribution in [0.1, 0.15) is 6.92 Å². The Hall–Kier alpha value is -2.75. The highest BCUT2D eigenvalue weighted by molar-refractivity contribution is 7.99. The smallest absolute Gasteiger partial charge is 0.236 e. The SMILES string of the molecule is CCn1c(SCC(=O)Nc2nc(-c3ccc(F)cc3)cs2)nnc1-c1cccc(Cl)c1. The maximum absolute atomic E-state index is 13.1. The highest BCUT2D eigenvalue weighted by Crippen LogP contribution is 2.27. The number of benzene rings is 2.